The Morgan fingerprint density at radius 1 is 1.47 bits per heavy atom. The van der Waals surface area contributed by atoms with Gasteiger partial charge in [-0.15, -0.1) is 0 Å². The number of halogens is 2. The van der Waals surface area contributed by atoms with E-state index in [2.05, 4.69) is 0 Å². The molecule has 0 bridgehead atoms. The maximum absolute atomic E-state index is 12.0. The largest absolute Gasteiger partial charge is 0.311 e. The van der Waals surface area contributed by atoms with Gasteiger partial charge in [-0.05, 0) is 24.1 Å². The minimum atomic E-state index is 0.0402. The number of carbonyl (C=O) groups excluding carboxylic acids is 2. The van der Waals surface area contributed by atoms with Crippen molar-refractivity contribution in [3.63, 3.8) is 0 Å². The van der Waals surface area contributed by atoms with Crippen LogP contribution in [0.25, 0.3) is 0 Å². The number of thioether (sulfide) groups is 1. The van der Waals surface area contributed by atoms with Crippen molar-refractivity contribution in [2.45, 2.75) is 13.3 Å². The van der Waals surface area contributed by atoms with E-state index < -0.39 is 0 Å². The summed E-state index contributed by atoms with van der Waals surface area (Å²) >= 11 is 13.2. The van der Waals surface area contributed by atoms with Crippen molar-refractivity contribution in [1.82, 2.24) is 0 Å². The lowest BCUT2D eigenvalue weighted by molar-refractivity contribution is -0.117. The topological polar surface area (TPSA) is 37.4 Å². The van der Waals surface area contributed by atoms with Crippen LogP contribution in [0.15, 0.2) is 18.2 Å². The van der Waals surface area contributed by atoms with Crippen LogP contribution in [0.3, 0.4) is 0 Å². The number of carbonyl (C=O) groups is 2. The Morgan fingerprint density at radius 3 is 2.84 bits per heavy atom. The fraction of sp³-hybridized carbons (Fsp3) is 0.385. The fourth-order valence-electron chi connectivity index (χ4n) is 2.06. The van der Waals surface area contributed by atoms with E-state index in [4.69, 9.17) is 23.2 Å². The minimum absolute atomic E-state index is 0.0402. The number of benzene rings is 1. The van der Waals surface area contributed by atoms with Gasteiger partial charge < -0.3 is 4.90 Å². The van der Waals surface area contributed by atoms with Gasteiger partial charge in [-0.1, -0.05) is 35.0 Å². The molecular weight excluding hydrogens is 305 g/mol. The van der Waals surface area contributed by atoms with Gasteiger partial charge in [-0.3, -0.25) is 9.59 Å². The standard InChI is InChI=1S/C13H13Cl2NO2S/c1-8(17)19-7-9-4-13(18)16(6-9)12-3-2-10(14)5-11(12)15/h2-3,5,9H,4,6-7H2,1H3. The van der Waals surface area contributed by atoms with E-state index in [1.165, 1.54) is 18.7 Å². The highest BCUT2D eigenvalue weighted by Gasteiger charge is 2.31. The molecule has 19 heavy (non-hydrogen) atoms. The van der Waals surface area contributed by atoms with Crippen molar-refractivity contribution >= 4 is 51.7 Å². The first-order valence-electron chi connectivity index (χ1n) is 5.86. The molecule has 1 aliphatic rings. The highest BCUT2D eigenvalue weighted by atomic mass is 35.5. The van der Waals surface area contributed by atoms with Gasteiger partial charge in [0.05, 0.1) is 10.7 Å². The van der Waals surface area contributed by atoms with Crippen LogP contribution in [0.1, 0.15) is 13.3 Å². The summed E-state index contributed by atoms with van der Waals surface area (Å²) in [4.78, 5) is 24.6. The lowest BCUT2D eigenvalue weighted by Crippen LogP contribution is -2.25. The van der Waals surface area contributed by atoms with Gasteiger partial charge in [-0.25, -0.2) is 0 Å². The first-order chi connectivity index (χ1) is 8.97. The summed E-state index contributed by atoms with van der Waals surface area (Å²) in [5, 5.41) is 1.10. The molecule has 3 nitrogen and oxygen atoms in total. The van der Waals surface area contributed by atoms with Crippen molar-refractivity contribution < 1.29 is 9.59 Å². The van der Waals surface area contributed by atoms with Gasteiger partial charge in [0.1, 0.15) is 0 Å². The minimum Gasteiger partial charge on any atom is -0.311 e. The first kappa shape index (κ1) is 14.7. The average molecular weight is 318 g/mol. The van der Waals surface area contributed by atoms with Gasteiger partial charge in [0.2, 0.25) is 5.91 Å². The van der Waals surface area contributed by atoms with Gasteiger partial charge in [0.15, 0.2) is 5.12 Å². The lowest BCUT2D eigenvalue weighted by Gasteiger charge is -2.18. The number of nitrogens with zero attached hydrogens (tertiary/aromatic N) is 1. The second kappa shape index (κ2) is 6.16. The number of amides is 1. The Kier molecular flexibility index (Phi) is 4.76. The summed E-state index contributed by atoms with van der Waals surface area (Å²) in [5.41, 5.74) is 0.686. The third-order valence-corrected chi connectivity index (χ3v) is 4.51. The Labute approximate surface area is 126 Å². The molecule has 102 valence electrons. The number of hydrogen-bond donors (Lipinski definition) is 0. The molecule has 1 atom stereocenters. The molecule has 1 unspecified atom stereocenters. The normalized spacial score (nSPS) is 19.0. The highest BCUT2D eigenvalue weighted by Crippen LogP contribution is 2.33. The molecule has 1 fully saturated rings. The summed E-state index contributed by atoms with van der Waals surface area (Å²) < 4.78 is 0. The molecule has 0 aromatic heterocycles. The second-order valence-corrected chi connectivity index (χ2v) is 6.51. The summed E-state index contributed by atoms with van der Waals surface area (Å²) in [6.45, 7) is 2.13. The molecule has 1 aromatic rings. The Hall–Kier alpha value is -0.710. The van der Waals surface area contributed by atoms with Gasteiger partial charge in [0, 0.05) is 30.7 Å². The summed E-state index contributed by atoms with van der Waals surface area (Å²) in [6, 6.07) is 5.10. The molecule has 1 amide bonds. The number of hydrogen-bond acceptors (Lipinski definition) is 3. The van der Waals surface area contributed by atoms with E-state index >= 15 is 0 Å². The zero-order chi connectivity index (χ0) is 14.0. The molecule has 0 saturated carbocycles. The number of rotatable bonds is 3. The van der Waals surface area contributed by atoms with Crippen molar-refractivity contribution in [3.8, 4) is 0 Å². The third-order valence-electron chi connectivity index (χ3n) is 2.93. The average Bonchev–Trinajstić information content (AvgIpc) is 2.68. The Bertz CT molecular complexity index is 521. The maximum Gasteiger partial charge on any atom is 0.227 e. The summed E-state index contributed by atoms with van der Waals surface area (Å²) in [7, 11) is 0. The van der Waals surface area contributed by atoms with E-state index in [-0.39, 0.29) is 16.9 Å². The van der Waals surface area contributed by atoms with Gasteiger partial charge in [-0.2, -0.15) is 0 Å². The fourth-order valence-corrected chi connectivity index (χ4v) is 3.27. The quantitative estimate of drug-likeness (QED) is 0.854. The first-order valence-corrected chi connectivity index (χ1v) is 7.60. The van der Waals surface area contributed by atoms with Crippen molar-refractivity contribution in [2.24, 2.45) is 5.92 Å². The predicted molar refractivity (Wildman–Crippen MR) is 80.1 cm³/mol. The van der Waals surface area contributed by atoms with Crippen LogP contribution in [0.4, 0.5) is 5.69 Å². The molecule has 0 radical (unpaired) electrons. The second-order valence-electron chi connectivity index (χ2n) is 4.47. The number of anilines is 1. The van der Waals surface area contributed by atoms with Crippen molar-refractivity contribution in [1.29, 1.82) is 0 Å². The van der Waals surface area contributed by atoms with E-state index in [0.717, 1.165) is 0 Å². The molecule has 0 N–H and O–H groups in total. The van der Waals surface area contributed by atoms with Crippen LogP contribution < -0.4 is 4.90 Å². The molecule has 0 aliphatic carbocycles. The van der Waals surface area contributed by atoms with Crippen molar-refractivity contribution in [3.05, 3.63) is 28.2 Å². The monoisotopic (exact) mass is 317 g/mol. The van der Waals surface area contributed by atoms with Crippen LogP contribution >= 0.6 is 35.0 Å². The predicted octanol–water partition coefficient (Wildman–Crippen LogP) is 3.63. The molecule has 1 aliphatic heterocycles. The van der Waals surface area contributed by atoms with E-state index in [0.29, 0.717) is 34.5 Å². The van der Waals surface area contributed by atoms with Crippen LogP contribution in [-0.2, 0) is 9.59 Å². The van der Waals surface area contributed by atoms with Crippen LogP contribution in [0.2, 0.25) is 10.0 Å². The summed E-state index contributed by atoms with van der Waals surface area (Å²) in [5.74, 6) is 0.898. The Morgan fingerprint density at radius 2 is 2.21 bits per heavy atom. The van der Waals surface area contributed by atoms with E-state index in [9.17, 15) is 9.59 Å². The molecule has 1 saturated heterocycles. The highest BCUT2D eigenvalue weighted by molar-refractivity contribution is 8.13. The van der Waals surface area contributed by atoms with Gasteiger partial charge in [0.25, 0.3) is 0 Å². The molecule has 2 rings (SSSR count). The summed E-state index contributed by atoms with van der Waals surface area (Å²) in [6.07, 6.45) is 0.458. The molecule has 6 heteroatoms. The molecule has 1 aromatic carbocycles. The van der Waals surface area contributed by atoms with E-state index in [1.54, 1.807) is 23.1 Å². The SMILES string of the molecule is CC(=O)SCC1CC(=O)N(c2ccc(Cl)cc2Cl)C1. The van der Waals surface area contributed by atoms with Crippen LogP contribution in [0, 0.1) is 5.92 Å². The maximum atomic E-state index is 12.0. The molecule has 0 spiro atoms. The zero-order valence-electron chi connectivity index (χ0n) is 10.4. The smallest absolute Gasteiger partial charge is 0.227 e. The van der Waals surface area contributed by atoms with Crippen LogP contribution in [-0.4, -0.2) is 23.3 Å². The zero-order valence-corrected chi connectivity index (χ0v) is 12.7. The Balaban J connectivity index is 2.09. The van der Waals surface area contributed by atoms with Gasteiger partial charge >= 0.3 is 0 Å². The molecule has 1 heterocycles. The molecular formula is C13H13Cl2NO2S. The third kappa shape index (κ3) is 3.65. The van der Waals surface area contributed by atoms with E-state index in [1.807, 2.05) is 0 Å². The van der Waals surface area contributed by atoms with Crippen LogP contribution in [0.5, 0.6) is 0 Å². The lowest BCUT2D eigenvalue weighted by atomic mass is 10.1. The van der Waals surface area contributed by atoms with Crippen molar-refractivity contribution in [2.75, 3.05) is 17.2 Å².